The summed E-state index contributed by atoms with van der Waals surface area (Å²) in [5, 5.41) is 6.41. The molecule has 0 aliphatic rings. The zero-order valence-corrected chi connectivity index (χ0v) is 18.7. The van der Waals surface area contributed by atoms with Crippen molar-refractivity contribution in [1.82, 2.24) is 19.8 Å². The molecule has 0 fully saturated rings. The molecule has 2 unspecified atom stereocenters. The minimum Gasteiger partial charge on any atom is -0.273 e. The monoisotopic (exact) mass is 467 g/mol. The maximum Gasteiger partial charge on any atom is 0.416 e. The molecule has 4 rings (SSSR count). The third-order valence-corrected chi connectivity index (χ3v) is 5.76. The van der Waals surface area contributed by atoms with E-state index in [4.69, 9.17) is 5.84 Å². The Balaban J connectivity index is 1.69. The van der Waals surface area contributed by atoms with E-state index in [2.05, 4.69) is 10.1 Å². The van der Waals surface area contributed by atoms with Crippen molar-refractivity contribution in [2.75, 3.05) is 0 Å². The number of carbonyl (C=O) groups is 1. The van der Waals surface area contributed by atoms with E-state index in [1.54, 1.807) is 31.3 Å². The number of aromatic nitrogens is 3. The number of amides is 1. The maximum absolute atomic E-state index is 13.4. The van der Waals surface area contributed by atoms with Gasteiger partial charge in [0.05, 0.1) is 35.3 Å². The van der Waals surface area contributed by atoms with Gasteiger partial charge < -0.3 is 0 Å². The molecule has 2 heterocycles. The van der Waals surface area contributed by atoms with Crippen molar-refractivity contribution in [2.45, 2.75) is 38.5 Å². The Labute approximate surface area is 194 Å². The Hall–Kier alpha value is -3.72. The number of aryl methyl sites for hydroxylation is 1. The summed E-state index contributed by atoms with van der Waals surface area (Å²) in [7, 11) is 0. The van der Waals surface area contributed by atoms with Gasteiger partial charge in [0.25, 0.3) is 0 Å². The molecule has 2 atom stereocenters. The molecule has 0 saturated heterocycles. The summed E-state index contributed by atoms with van der Waals surface area (Å²) in [6.45, 7) is 3.59. The highest BCUT2D eigenvalue weighted by atomic mass is 19.4. The molecule has 0 bridgehead atoms. The lowest BCUT2D eigenvalue weighted by Gasteiger charge is -2.27. The first kappa shape index (κ1) is 23.4. The fraction of sp³-hybridized carbons (Fsp3) is 0.240. The average molecular weight is 467 g/mol. The topological polar surface area (TPSA) is 77.0 Å². The van der Waals surface area contributed by atoms with Crippen LogP contribution in [0.15, 0.2) is 72.9 Å². The number of nitrogens with zero attached hydrogens (tertiary/aromatic N) is 4. The van der Waals surface area contributed by atoms with Gasteiger partial charge in [-0.05, 0) is 49.7 Å². The van der Waals surface area contributed by atoms with Crippen LogP contribution >= 0.6 is 0 Å². The number of nitrogens with two attached hydrogens (primary N) is 1. The van der Waals surface area contributed by atoms with Gasteiger partial charge in [0, 0.05) is 17.3 Å². The number of carbonyl (C=O) groups excluding carboxylic acids is 1. The van der Waals surface area contributed by atoms with Gasteiger partial charge in [0.2, 0.25) is 5.91 Å². The number of pyridine rings is 1. The Bertz CT molecular complexity index is 1280. The average Bonchev–Trinajstić information content (AvgIpc) is 3.25. The van der Waals surface area contributed by atoms with Gasteiger partial charge in [0.15, 0.2) is 0 Å². The molecular formula is C25H24F3N5O. The summed E-state index contributed by atoms with van der Waals surface area (Å²) >= 11 is 0. The van der Waals surface area contributed by atoms with E-state index < -0.39 is 29.7 Å². The zero-order chi connectivity index (χ0) is 24.5. The van der Waals surface area contributed by atoms with Crippen LogP contribution in [0.3, 0.4) is 0 Å². The SMILES string of the molecule is Cc1cccc(C(C)N(N)C(=O)CC(c2cccc(C(F)(F)F)c2)n2cc3ccccc3n2)n1. The van der Waals surface area contributed by atoms with E-state index in [1.165, 1.54) is 10.7 Å². The van der Waals surface area contributed by atoms with Gasteiger partial charge in [-0.15, -0.1) is 0 Å². The molecule has 0 spiro atoms. The summed E-state index contributed by atoms with van der Waals surface area (Å²) in [5.41, 5.74) is 1.60. The molecule has 34 heavy (non-hydrogen) atoms. The molecule has 1 amide bonds. The maximum atomic E-state index is 13.4. The lowest BCUT2D eigenvalue weighted by atomic mass is 10.00. The quantitative estimate of drug-likeness (QED) is 0.240. The zero-order valence-electron chi connectivity index (χ0n) is 18.7. The van der Waals surface area contributed by atoms with Crippen LogP contribution in [0.2, 0.25) is 0 Å². The number of hydrogen-bond donors (Lipinski definition) is 1. The van der Waals surface area contributed by atoms with E-state index in [9.17, 15) is 18.0 Å². The van der Waals surface area contributed by atoms with E-state index in [-0.39, 0.29) is 6.42 Å². The summed E-state index contributed by atoms with van der Waals surface area (Å²) in [4.78, 5) is 17.6. The van der Waals surface area contributed by atoms with Crippen molar-refractivity contribution in [2.24, 2.45) is 5.84 Å². The van der Waals surface area contributed by atoms with Crippen molar-refractivity contribution < 1.29 is 18.0 Å². The highest BCUT2D eigenvalue weighted by Crippen LogP contribution is 2.33. The van der Waals surface area contributed by atoms with E-state index in [0.717, 1.165) is 28.2 Å². The molecule has 0 aliphatic carbocycles. The number of hydrazine groups is 1. The molecule has 2 aromatic heterocycles. The third kappa shape index (κ3) is 4.94. The van der Waals surface area contributed by atoms with Crippen LogP contribution in [0.1, 0.15) is 47.9 Å². The first-order valence-corrected chi connectivity index (χ1v) is 10.7. The van der Waals surface area contributed by atoms with Gasteiger partial charge in [-0.2, -0.15) is 18.3 Å². The third-order valence-electron chi connectivity index (χ3n) is 5.76. The molecule has 2 aromatic carbocycles. The molecule has 6 nitrogen and oxygen atoms in total. The molecule has 2 N–H and O–H groups in total. The van der Waals surface area contributed by atoms with E-state index in [0.29, 0.717) is 16.8 Å². The Morgan fingerprint density at radius 3 is 2.53 bits per heavy atom. The lowest BCUT2D eigenvalue weighted by molar-refractivity contribution is -0.137. The summed E-state index contributed by atoms with van der Waals surface area (Å²) in [5.74, 6) is 5.71. The van der Waals surface area contributed by atoms with Gasteiger partial charge in [-0.25, -0.2) is 5.84 Å². The van der Waals surface area contributed by atoms with Crippen LogP contribution in [0.4, 0.5) is 13.2 Å². The number of benzene rings is 2. The highest BCUT2D eigenvalue weighted by molar-refractivity contribution is 5.79. The second-order valence-electron chi connectivity index (χ2n) is 8.19. The van der Waals surface area contributed by atoms with Gasteiger partial charge >= 0.3 is 6.18 Å². The minimum absolute atomic E-state index is 0.179. The van der Waals surface area contributed by atoms with E-state index in [1.807, 2.05) is 37.3 Å². The second-order valence-corrected chi connectivity index (χ2v) is 8.19. The van der Waals surface area contributed by atoms with Crippen LogP contribution < -0.4 is 5.84 Å². The van der Waals surface area contributed by atoms with Crippen molar-refractivity contribution in [3.8, 4) is 0 Å². The van der Waals surface area contributed by atoms with Crippen LogP contribution in [0, 0.1) is 6.92 Å². The van der Waals surface area contributed by atoms with Crippen molar-refractivity contribution >= 4 is 16.8 Å². The number of halogens is 3. The van der Waals surface area contributed by atoms with Crippen LogP contribution in [-0.2, 0) is 11.0 Å². The number of hydrogen-bond acceptors (Lipinski definition) is 4. The van der Waals surface area contributed by atoms with Crippen LogP contribution in [-0.4, -0.2) is 25.7 Å². The predicted octanol–water partition coefficient (Wildman–Crippen LogP) is 5.20. The van der Waals surface area contributed by atoms with Gasteiger partial charge in [0.1, 0.15) is 0 Å². The highest BCUT2D eigenvalue weighted by Gasteiger charge is 2.32. The largest absolute Gasteiger partial charge is 0.416 e. The molecule has 0 radical (unpaired) electrons. The van der Waals surface area contributed by atoms with Gasteiger partial charge in [-0.3, -0.25) is 19.5 Å². The number of alkyl halides is 3. The fourth-order valence-corrected chi connectivity index (χ4v) is 3.86. The van der Waals surface area contributed by atoms with E-state index >= 15 is 0 Å². The Morgan fingerprint density at radius 2 is 1.82 bits per heavy atom. The predicted molar refractivity (Wildman–Crippen MR) is 122 cm³/mol. The van der Waals surface area contributed by atoms with Crippen LogP contribution in [0.5, 0.6) is 0 Å². The van der Waals surface area contributed by atoms with Gasteiger partial charge in [-0.1, -0.05) is 36.4 Å². The molecule has 9 heteroatoms. The number of fused-ring (bicyclic) bond motifs is 1. The van der Waals surface area contributed by atoms with Crippen molar-refractivity contribution in [3.63, 3.8) is 0 Å². The first-order valence-electron chi connectivity index (χ1n) is 10.7. The molecule has 176 valence electrons. The number of rotatable bonds is 6. The summed E-state index contributed by atoms with van der Waals surface area (Å²) in [6, 6.07) is 16.4. The Kier molecular flexibility index (Phi) is 6.39. The van der Waals surface area contributed by atoms with Crippen molar-refractivity contribution in [3.05, 3.63) is 95.4 Å². The first-order chi connectivity index (χ1) is 16.1. The summed E-state index contributed by atoms with van der Waals surface area (Å²) < 4.78 is 41.7. The fourth-order valence-electron chi connectivity index (χ4n) is 3.86. The molecule has 0 saturated carbocycles. The minimum atomic E-state index is -4.51. The van der Waals surface area contributed by atoms with Crippen LogP contribution in [0.25, 0.3) is 10.9 Å². The second kappa shape index (κ2) is 9.26. The normalized spacial score (nSPS) is 13.6. The van der Waals surface area contributed by atoms with Crippen molar-refractivity contribution in [1.29, 1.82) is 0 Å². The standard InChI is InChI=1S/C25H24F3N5O/c1-16-7-5-12-21(30-16)17(2)33(29)24(34)14-23(18-9-6-10-20(13-18)25(26,27)28)32-15-19-8-3-4-11-22(19)31-32/h3-13,15,17,23H,14,29H2,1-2H3. The Morgan fingerprint density at radius 1 is 1.09 bits per heavy atom. The molecular weight excluding hydrogens is 443 g/mol. The smallest absolute Gasteiger partial charge is 0.273 e. The lowest BCUT2D eigenvalue weighted by Crippen LogP contribution is -2.41. The molecule has 0 aliphatic heterocycles. The molecule has 4 aromatic rings. The summed E-state index contributed by atoms with van der Waals surface area (Å²) in [6.07, 6.45) is -2.97.